The Kier molecular flexibility index (Phi) is 120. The number of fused-ring (bicyclic) bond motifs is 1. The number of carbonyl (C=O) groups excluding carboxylic acids is 2. The summed E-state index contributed by atoms with van der Waals surface area (Å²) in [5.41, 5.74) is 7.80. The maximum absolute atomic E-state index is 10.7. The average molecular weight is 2080 g/mol. The topological polar surface area (TPSA) is 136 Å². The van der Waals surface area contributed by atoms with Gasteiger partial charge in [0.25, 0.3) is 0 Å². The maximum atomic E-state index is 10.7. The molecule has 5 rings (SSSR count). The van der Waals surface area contributed by atoms with Crippen LogP contribution in [0.4, 0.5) is 0 Å². The highest BCUT2D eigenvalue weighted by Gasteiger charge is 2.08. The molecular weight excluding hydrogens is 1940 g/mol. The van der Waals surface area contributed by atoms with Crippen molar-refractivity contribution in [1.82, 2.24) is 5.32 Å². The SMILES string of the molecule is Cc1cc(CS)c(CS)cc1C.O=C(CCS)NC(=O)CCS.O=C(O)CCCCC(S)CCS.O=S(=O)(CCS)CCS.SCCCCCCCCCCS.SCCCCCS.SCCCS.SCCOCCOCCS.SCCSCCS.SCc1ccc(CS)cc1.Sc1cccc(S)c1.Sc1cccc2c(S)cccc12. The van der Waals surface area contributed by atoms with E-state index in [0.29, 0.717) is 54.7 Å². The number of ether oxygens (including phenoxy) is 2. The van der Waals surface area contributed by atoms with Crippen LogP contribution in [-0.4, -0.2) is 172 Å². The van der Waals surface area contributed by atoms with Crippen molar-refractivity contribution in [3.63, 3.8) is 0 Å². The molecule has 0 fully saturated rings. The summed E-state index contributed by atoms with van der Waals surface area (Å²) in [6.07, 6.45) is 20.4. The molecule has 9 nitrogen and oxygen atoms in total. The Morgan fingerprint density at radius 2 is 0.739 bits per heavy atom. The fourth-order valence-electron chi connectivity index (χ4n) is 8.00. The quantitative estimate of drug-likeness (QED) is 0.0136. The Morgan fingerprint density at radius 3 is 1.02 bits per heavy atom. The van der Waals surface area contributed by atoms with E-state index in [9.17, 15) is 22.8 Å². The number of benzene rings is 5. The molecule has 0 aliphatic rings. The summed E-state index contributed by atoms with van der Waals surface area (Å²) in [5, 5.41) is 13.3. The van der Waals surface area contributed by atoms with E-state index < -0.39 is 15.8 Å². The Morgan fingerprint density at radius 1 is 0.383 bits per heavy atom. The summed E-state index contributed by atoms with van der Waals surface area (Å²) in [6.45, 7) is 6.98. The molecule has 0 saturated carbocycles. The zero-order valence-electron chi connectivity index (χ0n) is 67.2. The van der Waals surface area contributed by atoms with E-state index in [-0.39, 0.29) is 42.6 Å². The van der Waals surface area contributed by atoms with Crippen LogP contribution in [0, 0.1) is 13.8 Å². The first-order chi connectivity index (χ1) is 55.2. The van der Waals surface area contributed by atoms with Crippen molar-refractivity contribution >= 4 is 353 Å². The first-order valence-corrected chi connectivity index (χ1v) is 55.3. The molecule has 1 unspecified atom stereocenters. The van der Waals surface area contributed by atoms with Gasteiger partial charge in [0, 0.05) is 102 Å². The molecule has 0 aliphatic heterocycles. The van der Waals surface area contributed by atoms with E-state index in [1.165, 1.54) is 104 Å². The highest BCUT2D eigenvalue weighted by Crippen LogP contribution is 2.27. The summed E-state index contributed by atoms with van der Waals surface area (Å²) < 4.78 is 31.7. The van der Waals surface area contributed by atoms with Crippen LogP contribution in [0.25, 0.3) is 10.8 Å². The second-order valence-electron chi connectivity index (χ2n) is 24.0. The molecule has 0 radical (unpaired) electrons. The lowest BCUT2D eigenvalue weighted by Crippen LogP contribution is -2.30. The van der Waals surface area contributed by atoms with E-state index in [4.69, 9.17) is 14.6 Å². The van der Waals surface area contributed by atoms with Gasteiger partial charge in [-0.1, -0.05) is 118 Å². The molecule has 0 bridgehead atoms. The number of aliphatic carboxylic acids is 1. The van der Waals surface area contributed by atoms with Gasteiger partial charge in [-0.15, -0.1) is 50.5 Å². The minimum atomic E-state index is -2.83. The van der Waals surface area contributed by atoms with Crippen molar-refractivity contribution < 1.29 is 37.4 Å². The number of carboxylic acids is 1. The molecule has 115 heavy (non-hydrogen) atoms. The number of thioether (sulfide) groups is 1. The molecule has 0 spiro atoms. The van der Waals surface area contributed by atoms with Gasteiger partial charge in [0.05, 0.1) is 37.9 Å². The van der Waals surface area contributed by atoms with Crippen LogP contribution >= 0.6 is 315 Å². The van der Waals surface area contributed by atoms with E-state index in [1.807, 2.05) is 60.3 Å². The summed E-state index contributed by atoms with van der Waals surface area (Å²) in [5.74, 6) is 16.8. The standard InChI is InChI=1S/C10H8S2.C10H14S2.C10H22S2.C8H16O2S2.C8H10S2.C6H11NO2S2.C6H14O2S2.C6H6S2.C5H12S2.C4H10O2S3.C4H10S3.C3H8S2/c11-9-5-1-3-7-8(9)4-2-6-10(7)12;1-7-3-9(5-11)10(6-12)4-8(7)2;11-9-7-5-3-1-2-4-6-8-10-12;9-8(10)4-2-1-3-7(12)5-6-11;9-5-7-1-2-8(6-10)4-3-7;8-5(1-3-10)7-6(9)2-4-11;9-5-3-7-1-2-8-4-6-10;7-5-2-1-3-6(8)4-5;6-4-2-1-3-5-7;5-9(6,3-1-7)4-2-8;5-1-3-7-4-2-6;4-2-1-3-5/h1-6,11-12H;3-4,11-12H,5-6H2,1-2H3;11-12H,1-10H2;7,11-12H,1-6H2,(H,9,10);1-4,9-10H,5-6H2;10-11H,1-4H2,(H,7,8,9);9-10H,1-6H2;1-4,7-8H;6-7H,1-5H2;7-8H,1-4H2;5-6H,1-4H2;4-5H,1-3H2. The minimum absolute atomic E-state index is 0.163. The summed E-state index contributed by atoms with van der Waals surface area (Å²) in [4.78, 5) is 35.5. The highest BCUT2D eigenvalue weighted by molar-refractivity contribution is 8.00. The third kappa shape index (κ3) is 99.6. The lowest BCUT2D eigenvalue weighted by molar-refractivity contribution is -0.137. The molecule has 0 aromatic heterocycles. The van der Waals surface area contributed by atoms with Gasteiger partial charge >= 0.3 is 5.97 Å². The molecular formula is C80H141NO8S26. The van der Waals surface area contributed by atoms with Crippen molar-refractivity contribution in [2.75, 3.05) is 136 Å². The summed E-state index contributed by atoms with van der Waals surface area (Å²) in [7, 11) is -2.83. The number of sulfone groups is 1. The van der Waals surface area contributed by atoms with Crippen LogP contribution in [0.1, 0.15) is 155 Å². The molecule has 670 valence electrons. The lowest BCUT2D eigenvalue weighted by Gasteiger charge is -2.08. The van der Waals surface area contributed by atoms with Crippen molar-refractivity contribution in [2.45, 2.75) is 184 Å². The van der Waals surface area contributed by atoms with Crippen LogP contribution in [0.5, 0.6) is 0 Å². The number of carbonyl (C=O) groups is 3. The predicted octanol–water partition coefficient (Wildman–Crippen LogP) is 23.8. The zero-order valence-corrected chi connectivity index (χ0v) is 90.3. The molecule has 5 aromatic rings. The maximum Gasteiger partial charge on any atom is 0.303 e. The molecule has 35 heteroatoms. The predicted molar refractivity (Wildman–Crippen MR) is 599 cm³/mol. The number of nitrogens with one attached hydrogen (secondary N) is 1. The highest BCUT2D eigenvalue weighted by atomic mass is 32.2. The second kappa shape index (κ2) is 105. The number of hydrogen-bond acceptors (Lipinski definition) is 32. The third-order valence-electron chi connectivity index (χ3n) is 14.2. The van der Waals surface area contributed by atoms with Crippen molar-refractivity contribution in [3.05, 3.63) is 130 Å². The zero-order chi connectivity index (χ0) is 88.4. The molecule has 2 N–H and O–H groups in total. The number of carboxylic acid groups (broad SMARTS) is 1. The van der Waals surface area contributed by atoms with Gasteiger partial charge in [-0.3, -0.25) is 19.7 Å². The molecule has 5 aromatic carbocycles. The number of amides is 2. The third-order valence-corrected chi connectivity index (χ3v) is 25.1. The van der Waals surface area contributed by atoms with Gasteiger partial charge in [0.15, 0.2) is 9.84 Å². The van der Waals surface area contributed by atoms with Crippen molar-refractivity contribution in [3.8, 4) is 0 Å². The number of imide groups is 1. The Balaban J connectivity index is -0.000000223. The van der Waals surface area contributed by atoms with E-state index in [0.717, 1.165) is 160 Å². The van der Waals surface area contributed by atoms with Crippen LogP contribution in [-0.2, 0) is 56.7 Å². The lowest BCUT2D eigenvalue weighted by atomic mass is 10.0. The van der Waals surface area contributed by atoms with Crippen molar-refractivity contribution in [1.29, 1.82) is 0 Å². The van der Waals surface area contributed by atoms with Crippen LogP contribution in [0.2, 0.25) is 0 Å². The monoisotopic (exact) mass is 2080 g/mol. The van der Waals surface area contributed by atoms with Crippen LogP contribution in [0.3, 0.4) is 0 Å². The largest absolute Gasteiger partial charge is 0.481 e. The normalized spacial score (nSPS) is 10.3. The van der Waals surface area contributed by atoms with E-state index in [2.05, 4.69) is 371 Å². The summed E-state index contributed by atoms with van der Waals surface area (Å²) >= 11 is 99.9. The Hall–Kier alpha value is 3.59. The Labute approximate surface area is 835 Å². The van der Waals surface area contributed by atoms with Gasteiger partial charge in [-0.2, -0.15) is 264 Å². The number of unbranched alkanes of at least 4 members (excludes halogenated alkanes) is 10. The molecule has 0 saturated heterocycles. The van der Waals surface area contributed by atoms with Crippen molar-refractivity contribution in [2.24, 2.45) is 0 Å². The van der Waals surface area contributed by atoms with Gasteiger partial charge in [-0.25, -0.2) is 8.42 Å². The molecule has 2 amide bonds. The van der Waals surface area contributed by atoms with Crippen LogP contribution < -0.4 is 5.32 Å². The molecule has 0 aliphatic carbocycles. The second-order valence-corrected chi connectivity index (χ2v) is 38.2. The Bertz CT molecular complexity index is 2850. The molecule has 0 heterocycles. The number of hydrogen-bond donors (Lipinski definition) is 26. The van der Waals surface area contributed by atoms with E-state index >= 15 is 0 Å². The number of aryl methyl sites for hydroxylation is 2. The first kappa shape index (κ1) is 132. The van der Waals surface area contributed by atoms with Gasteiger partial charge in [0.1, 0.15) is 0 Å². The summed E-state index contributed by atoms with van der Waals surface area (Å²) in [6, 6.07) is 32.4. The van der Waals surface area contributed by atoms with E-state index in [1.54, 1.807) is 0 Å². The first-order valence-electron chi connectivity index (χ1n) is 38.0. The number of thiol groups is 24. The van der Waals surface area contributed by atoms with Crippen LogP contribution in [0.15, 0.2) is 117 Å². The van der Waals surface area contributed by atoms with Gasteiger partial charge < -0.3 is 14.6 Å². The number of rotatable bonds is 45. The fourth-order valence-corrected chi connectivity index (χ4v) is 16.7. The van der Waals surface area contributed by atoms with Gasteiger partial charge in [-0.05, 0) is 203 Å². The minimum Gasteiger partial charge on any atom is -0.481 e. The van der Waals surface area contributed by atoms with Gasteiger partial charge in [0.2, 0.25) is 11.8 Å². The smallest absolute Gasteiger partial charge is 0.303 e. The average Bonchev–Trinajstić information content (AvgIpc) is 0.823. The fraction of sp³-hybridized carbons (Fsp3) is 0.613. The molecule has 1 atom stereocenters.